The molecule has 0 atom stereocenters. The largest absolute Gasteiger partial charge is 0.422 e. The van der Waals surface area contributed by atoms with Crippen molar-refractivity contribution < 1.29 is 10.0 Å². The van der Waals surface area contributed by atoms with Crippen molar-refractivity contribution in [2.45, 2.75) is 27.2 Å². The Kier molecular flexibility index (Phi) is 10.3. The number of hydrogen-bond donors (Lipinski definition) is 1. The topological polar surface area (TPSA) is 49.7 Å². The van der Waals surface area contributed by atoms with Crippen molar-refractivity contribution >= 4 is 15.8 Å². The van der Waals surface area contributed by atoms with Gasteiger partial charge in [0.05, 0.1) is 0 Å². The minimum atomic E-state index is 0.287. The Hall–Kier alpha value is -0.513. The van der Waals surface area contributed by atoms with Gasteiger partial charge in [0, 0.05) is 6.42 Å². The van der Waals surface area contributed by atoms with Gasteiger partial charge in [-0.15, -0.1) is 0 Å². The lowest BCUT2D eigenvalue weighted by Crippen LogP contribution is -1.95. The van der Waals surface area contributed by atoms with E-state index in [1.807, 2.05) is 13.8 Å². The van der Waals surface area contributed by atoms with Crippen molar-refractivity contribution in [1.82, 2.24) is 0 Å². The van der Waals surface area contributed by atoms with E-state index in [9.17, 15) is 4.79 Å². The molecule has 0 aromatic carbocycles. The number of carbonyl (C=O) groups excluding carboxylic acids is 1. The predicted octanol–water partition coefficient (Wildman–Crippen LogP) is 0.814. The van der Waals surface area contributed by atoms with Crippen LogP contribution in [-0.2, 0) is 4.79 Å². The SMILES string of the molecule is CC(=O)CC(C)C.ON=[SiH2]. The van der Waals surface area contributed by atoms with E-state index in [1.54, 1.807) is 6.92 Å². The van der Waals surface area contributed by atoms with Crippen LogP contribution in [0.2, 0.25) is 0 Å². The lowest BCUT2D eigenvalue weighted by molar-refractivity contribution is -0.117. The Morgan fingerprint density at radius 1 is 1.70 bits per heavy atom. The number of rotatable bonds is 2. The van der Waals surface area contributed by atoms with Crippen LogP contribution < -0.4 is 0 Å². The van der Waals surface area contributed by atoms with Gasteiger partial charge in [-0.2, -0.15) is 4.80 Å². The average Bonchev–Trinajstić information content (AvgIpc) is 1.62. The zero-order valence-electron chi connectivity index (χ0n) is 6.79. The normalized spacial score (nSPS) is 8.00. The standard InChI is InChI=1S/C6H12O.H3NOSi/c1-5(2)4-6(3)7;2-1-3/h5H,4H2,1-3H3;2H,3H2. The van der Waals surface area contributed by atoms with E-state index in [4.69, 9.17) is 5.21 Å². The lowest BCUT2D eigenvalue weighted by atomic mass is 10.1. The fourth-order valence-corrected chi connectivity index (χ4v) is 0.575. The summed E-state index contributed by atoms with van der Waals surface area (Å²) in [5, 5.41) is 7.21. The maximum atomic E-state index is 10.3. The number of carbonyl (C=O) groups is 1. The first-order valence-corrected chi connectivity index (χ1v) is 3.77. The summed E-state index contributed by atoms with van der Waals surface area (Å²) in [4.78, 5) is 12.8. The average molecular weight is 161 g/mol. The molecule has 0 spiro atoms. The molecule has 1 N–H and O–H groups in total. The molecule has 0 rings (SSSR count). The van der Waals surface area contributed by atoms with Crippen LogP contribution in [0.4, 0.5) is 0 Å². The summed E-state index contributed by atoms with van der Waals surface area (Å²) in [7, 11) is 1.15. The van der Waals surface area contributed by atoms with E-state index in [1.165, 1.54) is 0 Å². The van der Waals surface area contributed by atoms with Crippen molar-refractivity contribution in [1.29, 1.82) is 0 Å². The van der Waals surface area contributed by atoms with E-state index in [0.29, 0.717) is 5.92 Å². The molecule has 0 bridgehead atoms. The van der Waals surface area contributed by atoms with E-state index < -0.39 is 0 Å². The highest BCUT2D eigenvalue weighted by molar-refractivity contribution is 5.91. The van der Waals surface area contributed by atoms with E-state index >= 15 is 0 Å². The van der Waals surface area contributed by atoms with Gasteiger partial charge in [0.1, 0.15) is 15.8 Å². The maximum Gasteiger partial charge on any atom is 0.148 e. The van der Waals surface area contributed by atoms with Gasteiger partial charge in [0.2, 0.25) is 0 Å². The summed E-state index contributed by atoms with van der Waals surface area (Å²) in [6, 6.07) is 0. The van der Waals surface area contributed by atoms with E-state index in [-0.39, 0.29) is 5.78 Å². The van der Waals surface area contributed by atoms with Crippen molar-refractivity contribution in [2.24, 2.45) is 10.7 Å². The molecule has 0 heterocycles. The third-order valence-electron chi connectivity index (χ3n) is 0.696. The van der Waals surface area contributed by atoms with Gasteiger partial charge in [0.15, 0.2) is 0 Å². The zero-order chi connectivity index (χ0) is 8.57. The van der Waals surface area contributed by atoms with Crippen molar-refractivity contribution in [3.05, 3.63) is 0 Å². The zero-order valence-corrected chi connectivity index (χ0v) is 8.21. The first kappa shape index (κ1) is 12.2. The number of ketones is 1. The molecule has 0 unspecified atom stereocenters. The van der Waals surface area contributed by atoms with Crippen molar-refractivity contribution in [3.8, 4) is 0 Å². The van der Waals surface area contributed by atoms with Crippen molar-refractivity contribution in [2.75, 3.05) is 0 Å². The summed E-state index contributed by atoms with van der Waals surface area (Å²) < 4.78 is 0. The molecular formula is C6H15NO2Si. The molecule has 0 aromatic rings. The van der Waals surface area contributed by atoms with E-state index in [0.717, 1.165) is 16.5 Å². The quantitative estimate of drug-likeness (QED) is 0.481. The highest BCUT2D eigenvalue weighted by atomic mass is 28.1. The fraction of sp³-hybridized carbons (Fsp3) is 0.833. The molecule has 3 nitrogen and oxygen atoms in total. The van der Waals surface area contributed by atoms with Crippen LogP contribution in [0.15, 0.2) is 4.80 Å². The van der Waals surface area contributed by atoms with Gasteiger partial charge in [0.25, 0.3) is 0 Å². The fourth-order valence-electron chi connectivity index (χ4n) is 0.575. The van der Waals surface area contributed by atoms with Gasteiger partial charge >= 0.3 is 0 Å². The maximum absolute atomic E-state index is 10.3. The Labute approximate surface area is 64.6 Å². The van der Waals surface area contributed by atoms with Crippen LogP contribution in [0.1, 0.15) is 27.2 Å². The summed E-state index contributed by atoms with van der Waals surface area (Å²) >= 11 is 0. The van der Waals surface area contributed by atoms with Gasteiger partial charge in [-0.3, -0.25) is 0 Å². The summed E-state index contributed by atoms with van der Waals surface area (Å²) in [5.41, 5.74) is 0. The molecule has 0 aliphatic carbocycles. The van der Waals surface area contributed by atoms with Crippen LogP contribution in [0.3, 0.4) is 0 Å². The Bertz CT molecular complexity index is 104. The van der Waals surface area contributed by atoms with Crippen LogP contribution in [0.5, 0.6) is 0 Å². The number of hydrogen-bond acceptors (Lipinski definition) is 3. The Morgan fingerprint density at radius 2 is 2.00 bits per heavy atom. The first-order valence-electron chi connectivity index (χ1n) is 3.14. The summed E-state index contributed by atoms with van der Waals surface area (Å²) in [6.07, 6.45) is 0.722. The molecule has 4 heteroatoms. The Morgan fingerprint density at radius 3 is 2.00 bits per heavy atom. The summed E-state index contributed by atoms with van der Waals surface area (Å²) in [6.45, 7) is 5.71. The van der Waals surface area contributed by atoms with Crippen molar-refractivity contribution in [3.63, 3.8) is 0 Å². The van der Waals surface area contributed by atoms with Crippen LogP contribution in [-0.4, -0.2) is 21.0 Å². The van der Waals surface area contributed by atoms with Crippen LogP contribution in [0.25, 0.3) is 0 Å². The second-order valence-electron chi connectivity index (χ2n) is 2.44. The lowest BCUT2D eigenvalue weighted by Gasteiger charge is -1.95. The smallest absolute Gasteiger partial charge is 0.148 e. The molecule has 0 fully saturated rings. The van der Waals surface area contributed by atoms with Crippen LogP contribution >= 0.6 is 0 Å². The van der Waals surface area contributed by atoms with Gasteiger partial charge in [-0.25, -0.2) is 0 Å². The summed E-state index contributed by atoms with van der Waals surface area (Å²) in [5.74, 6) is 0.813. The molecule has 0 amide bonds. The van der Waals surface area contributed by atoms with Crippen LogP contribution in [0, 0.1) is 5.92 Å². The first-order chi connectivity index (χ1) is 4.54. The molecule has 0 aliphatic rings. The second kappa shape index (κ2) is 8.49. The highest BCUT2D eigenvalue weighted by Gasteiger charge is 1.95. The second-order valence-corrected chi connectivity index (χ2v) is 2.72. The third kappa shape index (κ3) is 25.9. The Balaban J connectivity index is 0. The molecule has 0 aliphatic heterocycles. The predicted molar refractivity (Wildman–Crippen MR) is 42.9 cm³/mol. The highest BCUT2D eigenvalue weighted by Crippen LogP contribution is 1.97. The van der Waals surface area contributed by atoms with Gasteiger partial charge in [-0.1, -0.05) is 13.8 Å². The monoisotopic (exact) mass is 161 g/mol. The molecule has 0 aromatic heterocycles. The molecule has 10 heavy (non-hydrogen) atoms. The molecular weight excluding hydrogens is 146 g/mol. The third-order valence-corrected chi connectivity index (χ3v) is 0.696. The molecule has 0 saturated heterocycles. The molecule has 0 radical (unpaired) electrons. The van der Waals surface area contributed by atoms with Gasteiger partial charge < -0.3 is 10.0 Å². The van der Waals surface area contributed by atoms with Gasteiger partial charge in [-0.05, 0) is 12.8 Å². The minimum Gasteiger partial charge on any atom is -0.422 e. The molecule has 60 valence electrons. The van der Waals surface area contributed by atoms with E-state index in [2.05, 4.69) is 4.80 Å². The molecule has 0 saturated carbocycles. The number of Topliss-reactive ketones (excluding diaryl/α,β-unsaturated/α-hetero) is 1. The minimum absolute atomic E-state index is 0.287. The number of nitrogens with zero attached hydrogens (tertiary/aromatic N) is 1.